The van der Waals surface area contributed by atoms with Gasteiger partial charge in [-0.05, 0) is 69.2 Å². The number of amides is 1. The zero-order valence-electron chi connectivity index (χ0n) is 16.8. The molecule has 1 amide bonds. The minimum Gasteiger partial charge on any atom is -0.381 e. The molecule has 2 N–H and O–H groups in total. The zero-order valence-corrected chi connectivity index (χ0v) is 16.8. The molecule has 1 unspecified atom stereocenters. The maximum absolute atomic E-state index is 12.2. The number of anilines is 3. The molecule has 1 atom stereocenters. The number of aromatic nitrogens is 4. The van der Waals surface area contributed by atoms with Crippen LogP contribution >= 0.6 is 0 Å². The van der Waals surface area contributed by atoms with Gasteiger partial charge in [-0.3, -0.25) is 4.79 Å². The molecule has 1 aliphatic heterocycles. The van der Waals surface area contributed by atoms with Gasteiger partial charge in [-0.25, -0.2) is 4.68 Å². The highest BCUT2D eigenvalue weighted by molar-refractivity contribution is 5.93. The minimum absolute atomic E-state index is 0.00375. The number of aryl methyl sites for hydroxylation is 1. The van der Waals surface area contributed by atoms with Crippen molar-refractivity contribution >= 4 is 23.1 Å². The third kappa shape index (κ3) is 4.12. The summed E-state index contributed by atoms with van der Waals surface area (Å²) in [5, 5.41) is 19.2. The van der Waals surface area contributed by atoms with Gasteiger partial charge in [-0.15, -0.1) is 10.2 Å². The minimum atomic E-state index is -0.0624. The summed E-state index contributed by atoms with van der Waals surface area (Å²) >= 11 is 0. The highest BCUT2D eigenvalue weighted by Gasteiger charge is 2.23. The zero-order chi connectivity index (χ0) is 20.4. The number of carbonyl (C=O) groups is 1. The van der Waals surface area contributed by atoms with Gasteiger partial charge in [0.2, 0.25) is 5.91 Å². The molecule has 3 heterocycles. The summed E-state index contributed by atoms with van der Waals surface area (Å²) in [7, 11) is 0. The first-order valence-corrected chi connectivity index (χ1v) is 9.64. The summed E-state index contributed by atoms with van der Waals surface area (Å²) in [6, 6.07) is 11.2. The fourth-order valence-corrected chi connectivity index (χ4v) is 3.22. The molecule has 150 valence electrons. The van der Waals surface area contributed by atoms with Crippen molar-refractivity contribution in [2.75, 3.05) is 23.8 Å². The molecule has 2 aromatic heterocycles. The van der Waals surface area contributed by atoms with E-state index < -0.39 is 0 Å². The Labute approximate surface area is 169 Å². The van der Waals surface area contributed by atoms with Crippen molar-refractivity contribution in [3.05, 3.63) is 53.3 Å². The predicted octanol–water partition coefficient (Wildman–Crippen LogP) is 3.31. The third-order valence-corrected chi connectivity index (χ3v) is 5.25. The molecule has 29 heavy (non-hydrogen) atoms. The number of hydrogen-bond donors (Lipinski definition) is 2. The van der Waals surface area contributed by atoms with Gasteiger partial charge < -0.3 is 15.4 Å². The highest BCUT2D eigenvalue weighted by Crippen LogP contribution is 2.20. The van der Waals surface area contributed by atoms with Crippen LogP contribution in [0.25, 0.3) is 5.82 Å². The monoisotopic (exact) mass is 392 g/mol. The van der Waals surface area contributed by atoms with Crippen LogP contribution in [0.5, 0.6) is 0 Å². The summed E-state index contributed by atoms with van der Waals surface area (Å²) in [4.78, 5) is 12.2. The topological polar surface area (TPSA) is 94.0 Å². The van der Waals surface area contributed by atoms with Crippen molar-refractivity contribution in [1.82, 2.24) is 20.0 Å². The van der Waals surface area contributed by atoms with Gasteiger partial charge >= 0.3 is 0 Å². The first kappa shape index (κ1) is 19.1. The van der Waals surface area contributed by atoms with Gasteiger partial charge in [0.15, 0.2) is 11.6 Å². The molecule has 0 radical (unpaired) electrons. The van der Waals surface area contributed by atoms with E-state index in [9.17, 15) is 4.79 Å². The summed E-state index contributed by atoms with van der Waals surface area (Å²) in [5.41, 5.74) is 4.81. The predicted molar refractivity (Wildman–Crippen MR) is 111 cm³/mol. The Morgan fingerprint density at radius 3 is 2.41 bits per heavy atom. The molecular formula is C21H24N6O2. The van der Waals surface area contributed by atoms with Crippen LogP contribution in [0.4, 0.5) is 17.2 Å². The fourth-order valence-electron chi connectivity index (χ4n) is 3.22. The van der Waals surface area contributed by atoms with Crippen molar-refractivity contribution in [1.29, 1.82) is 0 Å². The van der Waals surface area contributed by atoms with E-state index in [0.717, 1.165) is 34.7 Å². The summed E-state index contributed by atoms with van der Waals surface area (Å²) in [5.74, 6) is 1.25. The van der Waals surface area contributed by atoms with Gasteiger partial charge in [-0.2, -0.15) is 5.10 Å². The number of hydrogen-bond acceptors (Lipinski definition) is 6. The standard InChI is InChI=1S/C21H24N6O2/c1-13-14(2)26-27(15(13)3)20-9-8-19(24-25-20)22-17-4-6-18(7-5-17)23-21(28)16-10-11-29-12-16/h4-9,16H,10-12H2,1-3H3,(H,22,24)(H,23,28). The summed E-state index contributed by atoms with van der Waals surface area (Å²) in [6.45, 7) is 7.20. The van der Waals surface area contributed by atoms with Crippen LogP contribution in [0.2, 0.25) is 0 Å². The molecule has 8 heteroatoms. The van der Waals surface area contributed by atoms with Crippen LogP contribution in [0.1, 0.15) is 23.4 Å². The van der Waals surface area contributed by atoms with Crippen molar-refractivity contribution in [2.24, 2.45) is 5.92 Å². The largest absolute Gasteiger partial charge is 0.381 e. The van der Waals surface area contributed by atoms with E-state index in [1.165, 1.54) is 0 Å². The Morgan fingerprint density at radius 2 is 1.83 bits per heavy atom. The quantitative estimate of drug-likeness (QED) is 0.692. The Bertz CT molecular complexity index is 1000. The Morgan fingerprint density at radius 1 is 1.07 bits per heavy atom. The molecule has 8 nitrogen and oxygen atoms in total. The van der Waals surface area contributed by atoms with Crippen LogP contribution in [0.15, 0.2) is 36.4 Å². The molecule has 0 spiro atoms. The SMILES string of the molecule is Cc1nn(-c2ccc(Nc3ccc(NC(=O)C4CCOC4)cc3)nn2)c(C)c1C. The van der Waals surface area contributed by atoms with E-state index in [2.05, 4.69) is 25.9 Å². The second-order valence-electron chi connectivity index (χ2n) is 7.24. The van der Waals surface area contributed by atoms with E-state index in [0.29, 0.717) is 24.8 Å². The second kappa shape index (κ2) is 8.00. The lowest BCUT2D eigenvalue weighted by atomic mass is 10.1. The molecule has 1 fully saturated rings. The fraction of sp³-hybridized carbons (Fsp3) is 0.333. The normalized spacial score (nSPS) is 16.0. The number of benzene rings is 1. The summed E-state index contributed by atoms with van der Waals surface area (Å²) < 4.78 is 7.06. The van der Waals surface area contributed by atoms with Gasteiger partial charge in [0.25, 0.3) is 0 Å². The number of ether oxygens (including phenoxy) is 1. The average Bonchev–Trinajstić information content (AvgIpc) is 3.35. The van der Waals surface area contributed by atoms with Crippen molar-refractivity contribution in [3.63, 3.8) is 0 Å². The molecule has 1 aliphatic rings. The van der Waals surface area contributed by atoms with Gasteiger partial charge in [0, 0.05) is 23.7 Å². The molecule has 0 bridgehead atoms. The lowest BCUT2D eigenvalue weighted by Crippen LogP contribution is -2.22. The lowest BCUT2D eigenvalue weighted by molar-refractivity contribution is -0.119. The van der Waals surface area contributed by atoms with E-state index in [4.69, 9.17) is 4.74 Å². The first-order valence-electron chi connectivity index (χ1n) is 9.64. The smallest absolute Gasteiger partial charge is 0.229 e. The van der Waals surface area contributed by atoms with Gasteiger partial charge in [0.05, 0.1) is 18.2 Å². The maximum atomic E-state index is 12.2. The number of nitrogens with zero attached hydrogens (tertiary/aromatic N) is 4. The van der Waals surface area contributed by atoms with Crippen LogP contribution in [-0.4, -0.2) is 39.1 Å². The van der Waals surface area contributed by atoms with Crippen LogP contribution < -0.4 is 10.6 Å². The third-order valence-electron chi connectivity index (χ3n) is 5.25. The van der Waals surface area contributed by atoms with Crippen LogP contribution in [-0.2, 0) is 9.53 Å². The molecule has 1 saturated heterocycles. The second-order valence-corrected chi connectivity index (χ2v) is 7.24. The molecule has 0 saturated carbocycles. The van der Waals surface area contributed by atoms with Gasteiger partial charge in [0.1, 0.15) is 0 Å². The van der Waals surface area contributed by atoms with Crippen molar-refractivity contribution in [3.8, 4) is 5.82 Å². The molecular weight excluding hydrogens is 368 g/mol. The maximum Gasteiger partial charge on any atom is 0.229 e. The lowest BCUT2D eigenvalue weighted by Gasteiger charge is -2.11. The Hall–Kier alpha value is -3.26. The molecule has 0 aliphatic carbocycles. The van der Waals surface area contributed by atoms with Crippen molar-refractivity contribution in [2.45, 2.75) is 27.2 Å². The number of rotatable bonds is 5. The van der Waals surface area contributed by atoms with Gasteiger partial charge in [-0.1, -0.05) is 0 Å². The number of nitrogens with one attached hydrogen (secondary N) is 2. The van der Waals surface area contributed by atoms with E-state index in [-0.39, 0.29) is 11.8 Å². The molecule has 1 aromatic carbocycles. The molecule has 4 rings (SSSR count). The molecule has 3 aromatic rings. The Kier molecular flexibility index (Phi) is 5.26. The average molecular weight is 392 g/mol. The van der Waals surface area contributed by atoms with E-state index in [1.54, 1.807) is 4.68 Å². The first-order chi connectivity index (χ1) is 14.0. The van der Waals surface area contributed by atoms with E-state index >= 15 is 0 Å². The van der Waals surface area contributed by atoms with Crippen LogP contribution in [0.3, 0.4) is 0 Å². The number of carbonyl (C=O) groups excluding carboxylic acids is 1. The van der Waals surface area contributed by atoms with Crippen molar-refractivity contribution < 1.29 is 9.53 Å². The Balaban J connectivity index is 1.40. The van der Waals surface area contributed by atoms with E-state index in [1.807, 2.05) is 57.2 Å². The summed E-state index contributed by atoms with van der Waals surface area (Å²) in [6.07, 6.45) is 0.775. The van der Waals surface area contributed by atoms with Crippen LogP contribution in [0, 0.1) is 26.7 Å². The highest BCUT2D eigenvalue weighted by atomic mass is 16.5.